The van der Waals surface area contributed by atoms with E-state index in [2.05, 4.69) is 24.5 Å². The van der Waals surface area contributed by atoms with Gasteiger partial charge in [-0.25, -0.2) is 0 Å². The summed E-state index contributed by atoms with van der Waals surface area (Å²) in [5.74, 6) is 0.218. The molecular formula is C21H24N2O3. The van der Waals surface area contributed by atoms with Gasteiger partial charge in [0.1, 0.15) is 5.75 Å². The zero-order chi connectivity index (χ0) is 18.7. The van der Waals surface area contributed by atoms with Gasteiger partial charge in [0.15, 0.2) is 0 Å². The smallest absolute Gasteiger partial charge is 0.228 e. The Morgan fingerprint density at radius 3 is 2.19 bits per heavy atom. The van der Waals surface area contributed by atoms with E-state index in [4.69, 9.17) is 4.74 Å². The fourth-order valence-electron chi connectivity index (χ4n) is 2.93. The van der Waals surface area contributed by atoms with Gasteiger partial charge in [-0.2, -0.15) is 0 Å². The highest BCUT2D eigenvalue weighted by Crippen LogP contribution is 2.40. The fraction of sp³-hybridized carbons (Fsp3) is 0.333. The Bertz CT molecular complexity index is 799. The number of nitrogens with one attached hydrogen (secondary N) is 2. The summed E-state index contributed by atoms with van der Waals surface area (Å²) < 4.78 is 5.23. The monoisotopic (exact) mass is 352 g/mol. The first-order valence-corrected chi connectivity index (χ1v) is 8.84. The Morgan fingerprint density at radius 1 is 0.962 bits per heavy atom. The van der Waals surface area contributed by atoms with E-state index in [1.807, 2.05) is 36.4 Å². The van der Waals surface area contributed by atoms with Crippen LogP contribution in [-0.4, -0.2) is 18.9 Å². The predicted molar refractivity (Wildman–Crippen MR) is 102 cm³/mol. The fourth-order valence-corrected chi connectivity index (χ4v) is 2.93. The van der Waals surface area contributed by atoms with Crippen LogP contribution in [-0.2, 0) is 9.59 Å². The molecule has 1 fully saturated rings. The summed E-state index contributed by atoms with van der Waals surface area (Å²) in [6, 6.07) is 15.1. The Balaban J connectivity index is 1.55. The van der Waals surface area contributed by atoms with Crippen LogP contribution in [0.4, 0.5) is 11.4 Å². The summed E-state index contributed by atoms with van der Waals surface area (Å²) in [7, 11) is 1.56. The van der Waals surface area contributed by atoms with Crippen LogP contribution >= 0.6 is 0 Å². The van der Waals surface area contributed by atoms with E-state index in [1.165, 1.54) is 5.56 Å². The van der Waals surface area contributed by atoms with Gasteiger partial charge in [0.05, 0.1) is 24.6 Å². The molecule has 0 spiro atoms. The normalized spacial score (nSPS) is 18.3. The quantitative estimate of drug-likeness (QED) is 0.825. The molecule has 1 aliphatic carbocycles. The molecular weight excluding hydrogens is 328 g/mol. The van der Waals surface area contributed by atoms with Crippen LogP contribution in [0, 0.1) is 11.8 Å². The van der Waals surface area contributed by atoms with E-state index >= 15 is 0 Å². The largest absolute Gasteiger partial charge is 0.495 e. The second kappa shape index (κ2) is 7.60. The van der Waals surface area contributed by atoms with Crippen LogP contribution in [0.3, 0.4) is 0 Å². The van der Waals surface area contributed by atoms with Crippen molar-refractivity contribution in [2.75, 3.05) is 17.7 Å². The van der Waals surface area contributed by atoms with E-state index in [9.17, 15) is 9.59 Å². The van der Waals surface area contributed by atoms with Gasteiger partial charge in [-0.15, -0.1) is 0 Å². The Morgan fingerprint density at radius 2 is 1.58 bits per heavy atom. The average molecular weight is 352 g/mol. The molecule has 1 saturated carbocycles. The molecule has 2 atom stereocenters. The lowest BCUT2D eigenvalue weighted by molar-refractivity contribution is -0.122. The summed E-state index contributed by atoms with van der Waals surface area (Å²) in [5, 5.41) is 5.75. The molecule has 0 bridgehead atoms. The van der Waals surface area contributed by atoms with Crippen LogP contribution in [0.1, 0.15) is 31.7 Å². The molecule has 5 heteroatoms. The molecule has 2 amide bonds. The summed E-state index contributed by atoms with van der Waals surface area (Å²) in [4.78, 5) is 24.8. The van der Waals surface area contributed by atoms with Gasteiger partial charge in [0.2, 0.25) is 11.8 Å². The first-order chi connectivity index (χ1) is 12.5. The highest BCUT2D eigenvalue weighted by Gasteiger charge is 2.48. The van der Waals surface area contributed by atoms with Gasteiger partial charge in [-0.05, 0) is 42.2 Å². The van der Waals surface area contributed by atoms with E-state index in [0.29, 0.717) is 23.8 Å². The highest BCUT2D eigenvalue weighted by molar-refractivity contribution is 6.03. The Kier molecular flexibility index (Phi) is 5.26. The predicted octanol–water partition coefficient (Wildman–Crippen LogP) is 4.03. The SMILES string of the molecule is COc1ccccc1NC(=O)C1CC1C(=O)Nc1ccc(C(C)C)cc1. The second-order valence-electron chi connectivity index (χ2n) is 6.90. The molecule has 2 aromatic carbocycles. The number of amides is 2. The van der Waals surface area contributed by atoms with Crippen molar-refractivity contribution in [2.45, 2.75) is 26.2 Å². The molecule has 0 aliphatic heterocycles. The molecule has 0 aromatic heterocycles. The van der Waals surface area contributed by atoms with E-state index in [0.717, 1.165) is 5.69 Å². The van der Waals surface area contributed by atoms with Crippen LogP contribution < -0.4 is 15.4 Å². The third kappa shape index (κ3) is 4.04. The number of para-hydroxylation sites is 2. The molecule has 26 heavy (non-hydrogen) atoms. The van der Waals surface area contributed by atoms with Gasteiger partial charge >= 0.3 is 0 Å². The lowest BCUT2D eigenvalue weighted by Gasteiger charge is -2.10. The van der Waals surface area contributed by atoms with Crippen molar-refractivity contribution in [3.05, 3.63) is 54.1 Å². The van der Waals surface area contributed by atoms with Crippen LogP contribution in [0.5, 0.6) is 5.75 Å². The summed E-state index contributed by atoms with van der Waals surface area (Å²) in [6.45, 7) is 4.26. The van der Waals surface area contributed by atoms with Gasteiger partial charge in [0.25, 0.3) is 0 Å². The van der Waals surface area contributed by atoms with Crippen LogP contribution in [0.25, 0.3) is 0 Å². The van der Waals surface area contributed by atoms with E-state index in [-0.39, 0.29) is 23.7 Å². The number of hydrogen-bond acceptors (Lipinski definition) is 3. The minimum absolute atomic E-state index is 0.109. The minimum Gasteiger partial charge on any atom is -0.495 e. The number of ether oxygens (including phenoxy) is 1. The number of carbonyl (C=O) groups excluding carboxylic acids is 2. The second-order valence-corrected chi connectivity index (χ2v) is 6.90. The highest BCUT2D eigenvalue weighted by atomic mass is 16.5. The zero-order valence-corrected chi connectivity index (χ0v) is 15.3. The third-order valence-electron chi connectivity index (χ3n) is 4.67. The number of hydrogen-bond donors (Lipinski definition) is 2. The number of benzene rings is 2. The lowest BCUT2D eigenvalue weighted by Crippen LogP contribution is -2.20. The van der Waals surface area contributed by atoms with E-state index in [1.54, 1.807) is 19.2 Å². The van der Waals surface area contributed by atoms with E-state index < -0.39 is 0 Å². The zero-order valence-electron chi connectivity index (χ0n) is 15.3. The molecule has 2 unspecified atom stereocenters. The standard InChI is InChI=1S/C21H24N2O3/c1-13(2)14-8-10-15(11-9-14)22-20(24)16-12-17(16)21(25)23-18-6-4-5-7-19(18)26-3/h4-11,13,16-17H,12H2,1-3H3,(H,22,24)(H,23,25). The van der Waals surface area contributed by atoms with Crippen LogP contribution in [0.2, 0.25) is 0 Å². The maximum Gasteiger partial charge on any atom is 0.228 e. The van der Waals surface area contributed by atoms with Gasteiger partial charge < -0.3 is 15.4 Å². The number of rotatable bonds is 6. The molecule has 0 heterocycles. The maximum absolute atomic E-state index is 12.4. The van der Waals surface area contributed by atoms with Crippen molar-refractivity contribution in [3.63, 3.8) is 0 Å². The molecule has 0 saturated heterocycles. The minimum atomic E-state index is -0.296. The van der Waals surface area contributed by atoms with Gasteiger partial charge in [-0.3, -0.25) is 9.59 Å². The van der Waals surface area contributed by atoms with Gasteiger partial charge in [0, 0.05) is 5.69 Å². The van der Waals surface area contributed by atoms with Crippen molar-refractivity contribution in [1.82, 2.24) is 0 Å². The summed E-state index contributed by atoms with van der Waals surface area (Å²) in [6.07, 6.45) is 0.566. The molecule has 0 radical (unpaired) electrons. The number of methoxy groups -OCH3 is 1. The Hall–Kier alpha value is -2.82. The molecule has 1 aliphatic rings. The Labute approximate surface area is 153 Å². The lowest BCUT2D eigenvalue weighted by atomic mass is 10.0. The topological polar surface area (TPSA) is 67.4 Å². The molecule has 5 nitrogen and oxygen atoms in total. The van der Waals surface area contributed by atoms with Crippen LogP contribution in [0.15, 0.2) is 48.5 Å². The van der Waals surface area contributed by atoms with Crippen molar-refractivity contribution >= 4 is 23.2 Å². The molecule has 136 valence electrons. The van der Waals surface area contributed by atoms with Crippen molar-refractivity contribution < 1.29 is 14.3 Å². The number of anilines is 2. The maximum atomic E-state index is 12.4. The average Bonchev–Trinajstić information content (AvgIpc) is 3.43. The van der Waals surface area contributed by atoms with Crippen molar-refractivity contribution in [2.24, 2.45) is 11.8 Å². The summed E-state index contributed by atoms with van der Waals surface area (Å²) in [5.41, 5.74) is 2.61. The number of carbonyl (C=O) groups is 2. The summed E-state index contributed by atoms with van der Waals surface area (Å²) >= 11 is 0. The molecule has 2 N–H and O–H groups in total. The first-order valence-electron chi connectivity index (χ1n) is 8.84. The molecule has 2 aromatic rings. The van der Waals surface area contributed by atoms with Crippen molar-refractivity contribution in [3.8, 4) is 5.75 Å². The van der Waals surface area contributed by atoms with Gasteiger partial charge in [-0.1, -0.05) is 38.1 Å². The first kappa shape index (κ1) is 18.0. The van der Waals surface area contributed by atoms with Crippen molar-refractivity contribution in [1.29, 1.82) is 0 Å². The molecule has 3 rings (SSSR count). The third-order valence-corrected chi connectivity index (χ3v) is 4.67.